The number of rotatable bonds is 4. The number of aryl methyl sites for hydroxylation is 2. The van der Waals surface area contributed by atoms with Crippen molar-refractivity contribution in [3.8, 4) is 0 Å². The minimum absolute atomic E-state index is 0.916. The van der Waals surface area contributed by atoms with Crippen LogP contribution >= 0.6 is 0 Å². The Labute approximate surface area is 116 Å². The molecule has 3 rings (SSSR count). The normalized spacial score (nSPS) is 21.1. The number of hydrogen-bond donors (Lipinski definition) is 1. The summed E-state index contributed by atoms with van der Waals surface area (Å²) in [4.78, 5) is 6.06. The third-order valence-corrected chi connectivity index (χ3v) is 4.55. The van der Waals surface area contributed by atoms with Crippen LogP contribution in [0.3, 0.4) is 0 Å². The third kappa shape index (κ3) is 3.40. The molecule has 0 atom stereocenters. The summed E-state index contributed by atoms with van der Waals surface area (Å²) in [5.41, 5.74) is 4.77. The Morgan fingerprint density at radius 2 is 1.95 bits per heavy atom. The summed E-state index contributed by atoms with van der Waals surface area (Å²) < 4.78 is 5.39. The number of fused-ring (bicyclic) bond motifs is 1. The molecular weight excluding hydrogens is 236 g/mol. The molecule has 0 bridgehead atoms. The highest BCUT2D eigenvalue weighted by Gasteiger charge is 2.14. The van der Waals surface area contributed by atoms with Gasteiger partial charge in [0.1, 0.15) is 0 Å². The maximum Gasteiger partial charge on any atom is 0.0594 e. The number of aromatic nitrogens is 1. The van der Waals surface area contributed by atoms with Crippen molar-refractivity contribution in [2.45, 2.75) is 44.9 Å². The van der Waals surface area contributed by atoms with E-state index in [2.05, 4.69) is 16.1 Å². The lowest BCUT2D eigenvalue weighted by Gasteiger charge is -2.26. The molecule has 1 N–H and O–H groups in total. The Balaban J connectivity index is 1.51. The van der Waals surface area contributed by atoms with Crippen LogP contribution in [-0.4, -0.2) is 42.7 Å². The van der Waals surface area contributed by atoms with E-state index in [-0.39, 0.29) is 0 Å². The fourth-order valence-corrected chi connectivity index (χ4v) is 3.40. The van der Waals surface area contributed by atoms with Gasteiger partial charge in [0.05, 0.1) is 13.2 Å². The zero-order valence-corrected chi connectivity index (χ0v) is 11.9. The van der Waals surface area contributed by atoms with Crippen LogP contribution in [0.15, 0.2) is 6.20 Å². The van der Waals surface area contributed by atoms with Crippen LogP contribution in [0.1, 0.15) is 42.5 Å². The second kappa shape index (κ2) is 6.58. The van der Waals surface area contributed by atoms with Crippen molar-refractivity contribution in [2.75, 3.05) is 32.8 Å². The van der Waals surface area contributed by atoms with E-state index in [1.54, 1.807) is 11.1 Å². The second-order valence-corrected chi connectivity index (χ2v) is 5.89. The van der Waals surface area contributed by atoms with Gasteiger partial charge in [-0.3, -0.25) is 4.90 Å². The highest BCUT2D eigenvalue weighted by atomic mass is 16.5. The summed E-state index contributed by atoms with van der Waals surface area (Å²) in [6.07, 6.45) is 11.5. The molecule has 3 nitrogen and oxygen atoms in total. The van der Waals surface area contributed by atoms with Gasteiger partial charge in [-0.15, -0.1) is 0 Å². The van der Waals surface area contributed by atoms with E-state index < -0.39 is 0 Å². The van der Waals surface area contributed by atoms with Crippen LogP contribution in [0, 0.1) is 0 Å². The summed E-state index contributed by atoms with van der Waals surface area (Å²) in [5.74, 6) is 0. The Hall–Kier alpha value is -0.800. The van der Waals surface area contributed by atoms with E-state index in [1.807, 2.05) is 0 Å². The molecule has 0 spiro atoms. The lowest BCUT2D eigenvalue weighted by Crippen LogP contribution is -2.36. The van der Waals surface area contributed by atoms with Gasteiger partial charge in [-0.2, -0.15) is 0 Å². The van der Waals surface area contributed by atoms with E-state index in [1.165, 1.54) is 57.2 Å². The van der Waals surface area contributed by atoms with E-state index in [0.29, 0.717) is 0 Å². The maximum absolute atomic E-state index is 5.39. The number of ether oxygens (including phenoxy) is 1. The van der Waals surface area contributed by atoms with Crippen LogP contribution in [0.5, 0.6) is 0 Å². The quantitative estimate of drug-likeness (QED) is 0.845. The van der Waals surface area contributed by atoms with Gasteiger partial charge in [0.2, 0.25) is 0 Å². The Kier molecular flexibility index (Phi) is 4.57. The highest BCUT2D eigenvalue weighted by Crippen LogP contribution is 2.24. The van der Waals surface area contributed by atoms with Gasteiger partial charge in [-0.05, 0) is 56.2 Å². The fourth-order valence-electron chi connectivity index (χ4n) is 3.40. The number of hydrogen-bond acceptors (Lipinski definition) is 2. The highest BCUT2D eigenvalue weighted by molar-refractivity contribution is 5.32. The smallest absolute Gasteiger partial charge is 0.0594 e. The van der Waals surface area contributed by atoms with Gasteiger partial charge in [0.15, 0.2) is 0 Å². The molecule has 19 heavy (non-hydrogen) atoms. The average molecular weight is 262 g/mol. The van der Waals surface area contributed by atoms with E-state index in [0.717, 1.165) is 26.3 Å². The van der Waals surface area contributed by atoms with Crippen molar-refractivity contribution in [3.05, 3.63) is 23.0 Å². The number of nitrogens with one attached hydrogen (secondary N) is 1. The van der Waals surface area contributed by atoms with Crippen LogP contribution in [-0.2, 0) is 24.0 Å². The second-order valence-electron chi connectivity index (χ2n) is 5.89. The predicted octanol–water partition coefficient (Wildman–Crippen LogP) is 2.55. The van der Waals surface area contributed by atoms with Gasteiger partial charge in [-0.25, -0.2) is 0 Å². The Bertz CT molecular complexity index is 393. The van der Waals surface area contributed by atoms with Crippen LogP contribution in [0.4, 0.5) is 0 Å². The van der Waals surface area contributed by atoms with E-state index in [4.69, 9.17) is 4.74 Å². The van der Waals surface area contributed by atoms with Crippen molar-refractivity contribution in [1.82, 2.24) is 9.88 Å². The molecule has 0 radical (unpaired) electrons. The standard InChI is InChI=1S/C16H26N2O/c1-2-6-15-14(13-17-16(15)7-3-1)5-4-8-18-9-11-19-12-10-18/h13,17H,1-12H2. The minimum Gasteiger partial charge on any atom is -0.379 e. The average Bonchev–Trinajstić information content (AvgIpc) is 2.69. The molecule has 3 heteroatoms. The predicted molar refractivity (Wildman–Crippen MR) is 77.6 cm³/mol. The monoisotopic (exact) mass is 262 g/mol. The summed E-state index contributed by atoms with van der Waals surface area (Å²) >= 11 is 0. The molecule has 0 unspecified atom stereocenters. The summed E-state index contributed by atoms with van der Waals surface area (Å²) in [5, 5.41) is 0. The number of aromatic amines is 1. The first-order valence-electron chi connectivity index (χ1n) is 7.91. The van der Waals surface area contributed by atoms with E-state index in [9.17, 15) is 0 Å². The van der Waals surface area contributed by atoms with E-state index >= 15 is 0 Å². The topological polar surface area (TPSA) is 28.3 Å². The molecule has 2 aliphatic rings. The molecule has 1 fully saturated rings. The van der Waals surface area contributed by atoms with Crippen molar-refractivity contribution >= 4 is 0 Å². The first-order chi connectivity index (χ1) is 9.43. The SMILES string of the molecule is c1[nH]c2c(c1CCCN1CCOCC1)CCCCC2. The summed E-state index contributed by atoms with van der Waals surface area (Å²) in [6, 6.07) is 0. The van der Waals surface area contributed by atoms with Crippen molar-refractivity contribution in [2.24, 2.45) is 0 Å². The molecule has 0 aromatic carbocycles. The van der Waals surface area contributed by atoms with Crippen molar-refractivity contribution < 1.29 is 4.74 Å². The van der Waals surface area contributed by atoms with Gasteiger partial charge in [0.25, 0.3) is 0 Å². The zero-order chi connectivity index (χ0) is 12.9. The lowest BCUT2D eigenvalue weighted by molar-refractivity contribution is 0.0374. The van der Waals surface area contributed by atoms with Gasteiger partial charge in [0, 0.05) is 25.0 Å². The molecule has 106 valence electrons. The molecule has 0 saturated carbocycles. The van der Waals surface area contributed by atoms with Crippen molar-refractivity contribution in [3.63, 3.8) is 0 Å². The van der Waals surface area contributed by atoms with Crippen LogP contribution in [0.25, 0.3) is 0 Å². The largest absolute Gasteiger partial charge is 0.379 e. The van der Waals surface area contributed by atoms with Crippen LogP contribution < -0.4 is 0 Å². The molecule has 2 heterocycles. The van der Waals surface area contributed by atoms with Crippen LogP contribution in [0.2, 0.25) is 0 Å². The van der Waals surface area contributed by atoms with Gasteiger partial charge < -0.3 is 9.72 Å². The number of morpholine rings is 1. The first-order valence-corrected chi connectivity index (χ1v) is 7.91. The van der Waals surface area contributed by atoms with Crippen molar-refractivity contribution in [1.29, 1.82) is 0 Å². The molecule has 1 aromatic rings. The van der Waals surface area contributed by atoms with Gasteiger partial charge >= 0.3 is 0 Å². The molecule has 1 aliphatic heterocycles. The molecule has 1 aliphatic carbocycles. The lowest BCUT2D eigenvalue weighted by atomic mass is 10.0. The minimum atomic E-state index is 0.916. The molecule has 1 aromatic heterocycles. The number of nitrogens with zero attached hydrogens (tertiary/aromatic N) is 1. The third-order valence-electron chi connectivity index (χ3n) is 4.55. The Morgan fingerprint density at radius 3 is 2.84 bits per heavy atom. The maximum atomic E-state index is 5.39. The molecule has 0 amide bonds. The zero-order valence-electron chi connectivity index (χ0n) is 11.9. The Morgan fingerprint density at radius 1 is 1.11 bits per heavy atom. The summed E-state index contributed by atoms with van der Waals surface area (Å²) in [7, 11) is 0. The molecular formula is C16H26N2O. The van der Waals surface area contributed by atoms with Gasteiger partial charge in [-0.1, -0.05) is 6.42 Å². The molecule has 1 saturated heterocycles. The summed E-state index contributed by atoms with van der Waals surface area (Å²) in [6.45, 7) is 5.29. The number of H-pyrrole nitrogens is 1. The first kappa shape index (κ1) is 13.2. The fraction of sp³-hybridized carbons (Fsp3) is 0.750.